The van der Waals surface area contributed by atoms with Crippen molar-refractivity contribution in [2.45, 2.75) is 45.8 Å². The van der Waals surface area contributed by atoms with Crippen LogP contribution in [0.25, 0.3) is 0 Å². The number of hydrogen-bond acceptors (Lipinski definition) is 5. The molecule has 1 aromatic carbocycles. The SMILES string of the molecule is CC(C)(C)OC(=O)NCCCN(CCC#N)C(=O)OCc1ccccc1. The number of carbonyl (C=O) groups is 2. The molecule has 142 valence electrons. The van der Waals surface area contributed by atoms with Gasteiger partial charge in [-0.15, -0.1) is 0 Å². The first-order chi connectivity index (χ1) is 12.3. The summed E-state index contributed by atoms with van der Waals surface area (Å²) in [5, 5.41) is 11.4. The first kappa shape index (κ1) is 21.3. The highest BCUT2D eigenvalue weighted by Crippen LogP contribution is 2.07. The van der Waals surface area contributed by atoms with Crippen LogP contribution in [0.15, 0.2) is 30.3 Å². The predicted molar refractivity (Wildman–Crippen MR) is 97.3 cm³/mol. The van der Waals surface area contributed by atoms with Crippen LogP contribution >= 0.6 is 0 Å². The summed E-state index contributed by atoms with van der Waals surface area (Å²) < 4.78 is 10.4. The van der Waals surface area contributed by atoms with Crippen molar-refractivity contribution >= 4 is 12.2 Å². The van der Waals surface area contributed by atoms with Crippen LogP contribution in [0.4, 0.5) is 9.59 Å². The highest BCUT2D eigenvalue weighted by Gasteiger charge is 2.17. The van der Waals surface area contributed by atoms with E-state index in [-0.39, 0.29) is 19.6 Å². The molecule has 0 aliphatic rings. The molecule has 0 spiro atoms. The molecule has 0 saturated carbocycles. The van der Waals surface area contributed by atoms with Gasteiger partial charge in [-0.3, -0.25) is 0 Å². The number of benzene rings is 1. The molecular formula is C19H27N3O4. The number of hydrogen-bond donors (Lipinski definition) is 1. The summed E-state index contributed by atoms with van der Waals surface area (Å²) in [7, 11) is 0. The number of alkyl carbamates (subject to hydrolysis) is 1. The zero-order chi connectivity index (χ0) is 19.4. The molecule has 0 heterocycles. The third-order valence-corrected chi connectivity index (χ3v) is 3.23. The first-order valence-electron chi connectivity index (χ1n) is 8.61. The van der Waals surface area contributed by atoms with Gasteiger partial charge >= 0.3 is 12.2 Å². The van der Waals surface area contributed by atoms with E-state index in [2.05, 4.69) is 5.32 Å². The van der Waals surface area contributed by atoms with Crippen molar-refractivity contribution in [1.29, 1.82) is 5.26 Å². The second-order valence-electron chi connectivity index (χ2n) is 6.72. The molecule has 0 atom stereocenters. The van der Waals surface area contributed by atoms with Gasteiger partial charge in [-0.05, 0) is 32.8 Å². The van der Waals surface area contributed by atoms with Crippen LogP contribution in [0.3, 0.4) is 0 Å². The lowest BCUT2D eigenvalue weighted by Crippen LogP contribution is -2.37. The number of rotatable bonds is 8. The van der Waals surface area contributed by atoms with Crippen LogP contribution in [0, 0.1) is 11.3 Å². The van der Waals surface area contributed by atoms with Crippen LogP contribution in [0.1, 0.15) is 39.2 Å². The number of amides is 2. The van der Waals surface area contributed by atoms with E-state index in [1.807, 2.05) is 36.4 Å². The summed E-state index contributed by atoms with van der Waals surface area (Å²) in [6.07, 6.45) is -0.209. The van der Waals surface area contributed by atoms with E-state index >= 15 is 0 Å². The molecule has 1 aromatic rings. The summed E-state index contributed by atoms with van der Waals surface area (Å²) in [4.78, 5) is 25.3. The van der Waals surface area contributed by atoms with Crippen LogP contribution in [0.2, 0.25) is 0 Å². The van der Waals surface area contributed by atoms with Gasteiger partial charge in [0.25, 0.3) is 0 Å². The fourth-order valence-corrected chi connectivity index (χ4v) is 2.06. The van der Waals surface area contributed by atoms with Crippen LogP contribution < -0.4 is 5.32 Å². The highest BCUT2D eigenvalue weighted by molar-refractivity contribution is 5.68. The molecule has 0 aromatic heterocycles. The lowest BCUT2D eigenvalue weighted by molar-refractivity contribution is 0.0525. The number of carbonyl (C=O) groups excluding carboxylic acids is 2. The van der Waals surface area contributed by atoms with Crippen molar-refractivity contribution in [2.75, 3.05) is 19.6 Å². The summed E-state index contributed by atoms with van der Waals surface area (Å²) >= 11 is 0. The maximum absolute atomic E-state index is 12.2. The molecule has 0 bridgehead atoms. The first-order valence-corrected chi connectivity index (χ1v) is 8.61. The Labute approximate surface area is 154 Å². The van der Waals surface area contributed by atoms with Gasteiger partial charge in [0.05, 0.1) is 12.5 Å². The van der Waals surface area contributed by atoms with Crippen LogP contribution in [-0.2, 0) is 16.1 Å². The van der Waals surface area contributed by atoms with Crippen molar-refractivity contribution < 1.29 is 19.1 Å². The standard InChI is InChI=1S/C19H27N3O4/c1-19(2,3)26-17(23)21-12-8-14-22(13-7-11-20)18(24)25-15-16-9-5-4-6-10-16/h4-6,9-10H,7-8,12-15H2,1-3H3,(H,21,23). The minimum absolute atomic E-state index is 0.179. The highest BCUT2D eigenvalue weighted by atomic mass is 16.6. The van der Waals surface area contributed by atoms with Gasteiger partial charge in [-0.25, -0.2) is 9.59 Å². The summed E-state index contributed by atoms with van der Waals surface area (Å²) in [5.74, 6) is 0. The molecule has 7 nitrogen and oxygen atoms in total. The molecule has 0 saturated heterocycles. The number of ether oxygens (including phenoxy) is 2. The van der Waals surface area contributed by atoms with E-state index in [4.69, 9.17) is 14.7 Å². The fourth-order valence-electron chi connectivity index (χ4n) is 2.06. The maximum Gasteiger partial charge on any atom is 0.410 e. The average molecular weight is 361 g/mol. The van der Waals surface area contributed by atoms with Crippen molar-refractivity contribution in [1.82, 2.24) is 10.2 Å². The van der Waals surface area contributed by atoms with E-state index in [1.165, 1.54) is 4.90 Å². The van der Waals surface area contributed by atoms with Gasteiger partial charge in [-0.2, -0.15) is 5.26 Å². The minimum atomic E-state index is -0.551. The third kappa shape index (κ3) is 9.52. The molecule has 26 heavy (non-hydrogen) atoms. The van der Waals surface area contributed by atoms with Gasteiger partial charge < -0.3 is 19.7 Å². The molecule has 2 amide bonds. The topological polar surface area (TPSA) is 91.7 Å². The Hall–Kier alpha value is -2.75. The quantitative estimate of drug-likeness (QED) is 0.716. The molecule has 7 heteroatoms. The van der Waals surface area contributed by atoms with Gasteiger partial charge in [0.15, 0.2) is 0 Å². The third-order valence-electron chi connectivity index (χ3n) is 3.23. The second-order valence-corrected chi connectivity index (χ2v) is 6.72. The number of nitrogens with zero attached hydrogens (tertiary/aromatic N) is 2. The smallest absolute Gasteiger partial charge is 0.410 e. The van der Waals surface area contributed by atoms with E-state index in [0.29, 0.717) is 19.5 Å². The lowest BCUT2D eigenvalue weighted by atomic mass is 10.2. The Kier molecular flexibility index (Phi) is 8.99. The molecule has 0 radical (unpaired) electrons. The Morgan fingerprint density at radius 3 is 2.50 bits per heavy atom. The van der Waals surface area contributed by atoms with Gasteiger partial charge in [0, 0.05) is 19.6 Å². The molecule has 0 unspecified atom stereocenters. The van der Waals surface area contributed by atoms with Crippen LogP contribution in [-0.4, -0.2) is 42.3 Å². The largest absolute Gasteiger partial charge is 0.445 e. The summed E-state index contributed by atoms with van der Waals surface area (Å²) in [5.41, 5.74) is 0.345. The molecular weight excluding hydrogens is 334 g/mol. The number of nitriles is 1. The Morgan fingerprint density at radius 1 is 1.19 bits per heavy atom. The summed E-state index contributed by atoms with van der Waals surface area (Å²) in [6.45, 7) is 6.58. The van der Waals surface area contributed by atoms with E-state index in [0.717, 1.165) is 5.56 Å². The lowest BCUT2D eigenvalue weighted by Gasteiger charge is -2.22. The predicted octanol–water partition coefficient (Wildman–Crippen LogP) is 3.45. The number of nitrogens with one attached hydrogen (secondary N) is 1. The van der Waals surface area contributed by atoms with E-state index < -0.39 is 17.8 Å². The molecule has 0 fully saturated rings. The Balaban J connectivity index is 2.39. The van der Waals surface area contributed by atoms with Crippen molar-refractivity contribution in [3.63, 3.8) is 0 Å². The molecule has 1 rings (SSSR count). The monoisotopic (exact) mass is 361 g/mol. The summed E-state index contributed by atoms with van der Waals surface area (Å²) in [6, 6.07) is 11.4. The van der Waals surface area contributed by atoms with E-state index in [1.54, 1.807) is 20.8 Å². The van der Waals surface area contributed by atoms with Crippen molar-refractivity contribution in [3.8, 4) is 6.07 Å². The fraction of sp³-hybridized carbons (Fsp3) is 0.526. The zero-order valence-corrected chi connectivity index (χ0v) is 15.7. The van der Waals surface area contributed by atoms with Crippen molar-refractivity contribution in [3.05, 3.63) is 35.9 Å². The Morgan fingerprint density at radius 2 is 1.88 bits per heavy atom. The van der Waals surface area contributed by atoms with Gasteiger partial charge in [0.2, 0.25) is 0 Å². The normalized spacial score (nSPS) is 10.5. The minimum Gasteiger partial charge on any atom is -0.445 e. The zero-order valence-electron chi connectivity index (χ0n) is 15.7. The maximum atomic E-state index is 12.2. The second kappa shape index (κ2) is 11.0. The Bertz CT molecular complexity index is 605. The van der Waals surface area contributed by atoms with Crippen molar-refractivity contribution in [2.24, 2.45) is 0 Å². The van der Waals surface area contributed by atoms with Crippen LogP contribution in [0.5, 0.6) is 0 Å². The average Bonchev–Trinajstić information content (AvgIpc) is 2.58. The van der Waals surface area contributed by atoms with Gasteiger partial charge in [-0.1, -0.05) is 30.3 Å². The molecule has 0 aliphatic heterocycles. The molecule has 1 N–H and O–H groups in total. The van der Waals surface area contributed by atoms with Gasteiger partial charge in [0.1, 0.15) is 12.2 Å². The van der Waals surface area contributed by atoms with E-state index in [9.17, 15) is 9.59 Å². The molecule has 0 aliphatic carbocycles.